The monoisotopic (exact) mass is 458 g/mol. The highest BCUT2D eigenvalue weighted by Gasteiger charge is 2.20. The summed E-state index contributed by atoms with van der Waals surface area (Å²) >= 11 is 0. The third-order valence-electron chi connectivity index (χ3n) is 4.49. The van der Waals surface area contributed by atoms with Crippen LogP contribution in [0.25, 0.3) is 5.82 Å². The summed E-state index contributed by atoms with van der Waals surface area (Å²) in [5, 5.41) is 11.2. The summed E-state index contributed by atoms with van der Waals surface area (Å²) in [7, 11) is -3.98. The van der Waals surface area contributed by atoms with E-state index >= 15 is 0 Å². The van der Waals surface area contributed by atoms with E-state index in [0.717, 1.165) is 23.0 Å². The van der Waals surface area contributed by atoms with Crippen LogP contribution < -0.4 is 15.6 Å². The number of nitrogens with one attached hydrogen (secondary N) is 2. The van der Waals surface area contributed by atoms with Crippen molar-refractivity contribution in [2.24, 2.45) is 0 Å². The lowest BCUT2D eigenvalue weighted by molar-refractivity contribution is -0.119. The smallest absolute Gasteiger partial charge is 0.267 e. The van der Waals surface area contributed by atoms with Crippen LogP contribution in [0.15, 0.2) is 52.2 Å². The molecule has 0 spiro atoms. The molecule has 0 saturated heterocycles. The summed E-state index contributed by atoms with van der Waals surface area (Å²) in [6, 6.07) is 9.00. The maximum absolute atomic E-state index is 12.7. The lowest BCUT2D eigenvalue weighted by Gasteiger charge is -2.15. The number of aromatic nitrogens is 4. The van der Waals surface area contributed by atoms with E-state index in [9.17, 15) is 22.8 Å². The van der Waals surface area contributed by atoms with Crippen LogP contribution in [0.2, 0.25) is 0 Å². The molecular formula is C20H22N6O5S. The highest BCUT2D eigenvalue weighted by Crippen LogP contribution is 2.16. The fraction of sp³-hybridized carbons (Fsp3) is 0.250. The first kappa shape index (κ1) is 22.9. The van der Waals surface area contributed by atoms with Gasteiger partial charge in [-0.05, 0) is 57.2 Å². The second-order valence-corrected chi connectivity index (χ2v) is 8.85. The number of benzene rings is 1. The van der Waals surface area contributed by atoms with Gasteiger partial charge in [0.15, 0.2) is 5.82 Å². The van der Waals surface area contributed by atoms with Crippen LogP contribution in [0.5, 0.6) is 0 Å². The number of hydrogen-bond donors (Lipinski definition) is 2. The minimum atomic E-state index is -3.98. The van der Waals surface area contributed by atoms with Crippen molar-refractivity contribution < 1.29 is 18.0 Å². The fourth-order valence-corrected chi connectivity index (χ4v) is 3.98. The Morgan fingerprint density at radius 2 is 1.69 bits per heavy atom. The van der Waals surface area contributed by atoms with Gasteiger partial charge in [-0.2, -0.15) is 5.10 Å². The van der Waals surface area contributed by atoms with Gasteiger partial charge in [0.1, 0.15) is 6.04 Å². The Morgan fingerprint density at radius 3 is 2.25 bits per heavy atom. The molecule has 0 fully saturated rings. The van der Waals surface area contributed by atoms with Crippen LogP contribution in [0.3, 0.4) is 0 Å². The zero-order chi connectivity index (χ0) is 23.6. The molecule has 0 aliphatic rings. The molecule has 11 nitrogen and oxygen atoms in total. The fourth-order valence-electron chi connectivity index (χ4n) is 2.99. The summed E-state index contributed by atoms with van der Waals surface area (Å²) in [5.41, 5.74) is 1.46. The van der Waals surface area contributed by atoms with Crippen LogP contribution in [0, 0.1) is 13.8 Å². The van der Waals surface area contributed by atoms with Crippen molar-refractivity contribution >= 4 is 27.5 Å². The van der Waals surface area contributed by atoms with E-state index in [0.29, 0.717) is 11.5 Å². The Hall–Kier alpha value is -3.80. The number of carbonyl (C=O) groups excluding carboxylic acids is 2. The van der Waals surface area contributed by atoms with Crippen molar-refractivity contribution in [3.63, 3.8) is 0 Å². The zero-order valence-corrected chi connectivity index (χ0v) is 18.7. The molecule has 0 aliphatic carbocycles. The first-order valence-corrected chi connectivity index (χ1v) is 11.0. The van der Waals surface area contributed by atoms with Gasteiger partial charge < -0.3 is 5.32 Å². The molecule has 0 bridgehead atoms. The Bertz CT molecular complexity index is 1340. The number of rotatable bonds is 6. The minimum absolute atomic E-state index is 0.130. The number of aryl methyl sites for hydroxylation is 2. The number of sulfonamides is 1. The van der Waals surface area contributed by atoms with Gasteiger partial charge in [0.05, 0.1) is 10.6 Å². The molecule has 0 radical (unpaired) electrons. The van der Waals surface area contributed by atoms with Gasteiger partial charge in [-0.25, -0.2) is 22.5 Å². The standard InChI is InChI=1S/C20H22N6O5S/c1-12-11-13(2)25(22-12)18-9-10-19(28)26(23-18)14(3)20(29)21-16-5-7-17(8-6-16)32(30,31)24-15(4)27/h5-11,14H,1-4H3,(H,21,29)(H,24,27). The van der Waals surface area contributed by atoms with E-state index in [4.69, 9.17) is 0 Å². The van der Waals surface area contributed by atoms with E-state index in [1.807, 2.05) is 24.6 Å². The van der Waals surface area contributed by atoms with E-state index in [1.165, 1.54) is 43.3 Å². The molecule has 0 saturated carbocycles. The van der Waals surface area contributed by atoms with Gasteiger partial charge in [0.25, 0.3) is 15.6 Å². The lowest BCUT2D eigenvalue weighted by Crippen LogP contribution is -2.33. The van der Waals surface area contributed by atoms with Crippen molar-refractivity contribution in [1.82, 2.24) is 24.3 Å². The highest BCUT2D eigenvalue weighted by molar-refractivity contribution is 7.90. The number of amides is 2. The molecule has 2 heterocycles. The molecule has 2 N–H and O–H groups in total. The van der Waals surface area contributed by atoms with Gasteiger partial charge in [-0.15, -0.1) is 5.10 Å². The van der Waals surface area contributed by atoms with Crippen molar-refractivity contribution in [3.8, 4) is 5.82 Å². The highest BCUT2D eigenvalue weighted by atomic mass is 32.2. The van der Waals surface area contributed by atoms with Gasteiger partial charge in [0.2, 0.25) is 11.8 Å². The molecule has 12 heteroatoms. The normalized spacial score (nSPS) is 12.2. The summed E-state index contributed by atoms with van der Waals surface area (Å²) in [6.07, 6.45) is 0. The predicted octanol–water partition coefficient (Wildman–Crippen LogP) is 1.07. The quantitative estimate of drug-likeness (QED) is 0.562. The van der Waals surface area contributed by atoms with Gasteiger partial charge in [-0.1, -0.05) is 0 Å². The van der Waals surface area contributed by atoms with Crippen molar-refractivity contribution in [1.29, 1.82) is 0 Å². The second kappa shape index (κ2) is 8.75. The molecule has 32 heavy (non-hydrogen) atoms. The minimum Gasteiger partial charge on any atom is -0.324 e. The molecule has 3 aromatic rings. The topological polar surface area (TPSA) is 145 Å². The Labute approximate surface area is 184 Å². The molecular weight excluding hydrogens is 436 g/mol. The van der Waals surface area contributed by atoms with E-state index < -0.39 is 33.4 Å². The maximum Gasteiger partial charge on any atom is 0.267 e. The SMILES string of the molecule is CC(=O)NS(=O)(=O)c1ccc(NC(=O)C(C)n2nc(-n3nc(C)cc3C)ccc2=O)cc1. The number of carbonyl (C=O) groups is 2. The largest absolute Gasteiger partial charge is 0.324 e. The molecule has 2 amide bonds. The van der Waals surface area contributed by atoms with E-state index in [-0.39, 0.29) is 4.90 Å². The molecule has 0 aliphatic heterocycles. The third kappa shape index (κ3) is 4.91. The Morgan fingerprint density at radius 1 is 1.03 bits per heavy atom. The molecule has 3 rings (SSSR count). The average molecular weight is 459 g/mol. The summed E-state index contributed by atoms with van der Waals surface area (Å²) < 4.78 is 28.5. The summed E-state index contributed by atoms with van der Waals surface area (Å²) in [4.78, 5) is 35.9. The zero-order valence-electron chi connectivity index (χ0n) is 17.9. The van der Waals surface area contributed by atoms with Gasteiger partial charge in [-0.3, -0.25) is 14.4 Å². The predicted molar refractivity (Wildman–Crippen MR) is 116 cm³/mol. The summed E-state index contributed by atoms with van der Waals surface area (Å²) in [6.45, 7) is 6.29. The first-order valence-electron chi connectivity index (χ1n) is 9.56. The lowest BCUT2D eigenvalue weighted by atomic mass is 10.2. The number of anilines is 1. The number of nitrogens with zero attached hydrogens (tertiary/aromatic N) is 4. The van der Waals surface area contributed by atoms with Gasteiger partial charge >= 0.3 is 0 Å². The van der Waals surface area contributed by atoms with E-state index in [1.54, 1.807) is 4.68 Å². The first-order chi connectivity index (χ1) is 15.0. The van der Waals surface area contributed by atoms with Crippen LogP contribution in [0.1, 0.15) is 31.3 Å². The van der Waals surface area contributed by atoms with Crippen molar-refractivity contribution in [2.75, 3.05) is 5.32 Å². The molecule has 1 unspecified atom stereocenters. The second-order valence-electron chi connectivity index (χ2n) is 7.16. The van der Waals surface area contributed by atoms with Crippen LogP contribution in [-0.2, 0) is 19.6 Å². The van der Waals surface area contributed by atoms with E-state index in [2.05, 4.69) is 15.5 Å². The third-order valence-corrected chi connectivity index (χ3v) is 5.94. The summed E-state index contributed by atoms with van der Waals surface area (Å²) in [5.74, 6) is -0.846. The van der Waals surface area contributed by atoms with Crippen LogP contribution >= 0.6 is 0 Å². The number of hydrogen-bond acceptors (Lipinski definition) is 7. The molecule has 168 valence electrons. The average Bonchev–Trinajstić information content (AvgIpc) is 3.05. The molecule has 2 aromatic heterocycles. The Balaban J connectivity index is 1.80. The van der Waals surface area contributed by atoms with Crippen LogP contribution in [-0.4, -0.2) is 39.8 Å². The maximum atomic E-state index is 12.7. The molecule has 1 atom stereocenters. The molecule has 1 aromatic carbocycles. The van der Waals surface area contributed by atoms with Crippen LogP contribution in [0.4, 0.5) is 5.69 Å². The van der Waals surface area contributed by atoms with Crippen molar-refractivity contribution in [2.45, 2.75) is 38.6 Å². The van der Waals surface area contributed by atoms with Crippen molar-refractivity contribution in [3.05, 3.63) is 64.2 Å². The Kier molecular flexibility index (Phi) is 6.25. The van der Waals surface area contributed by atoms with Gasteiger partial charge in [0, 0.05) is 24.4 Å².